The fourth-order valence-corrected chi connectivity index (χ4v) is 3.02. The molecule has 32 heavy (non-hydrogen) atoms. The summed E-state index contributed by atoms with van der Waals surface area (Å²) in [4.78, 5) is 17.0. The summed E-state index contributed by atoms with van der Waals surface area (Å²) in [5.74, 6) is -0.108. The molecule has 0 bridgehead atoms. The fraction of sp³-hybridized carbons (Fsp3) is 0.286. The first-order chi connectivity index (χ1) is 15.2. The number of carbonyl (C=O) groups is 1. The topological polar surface area (TPSA) is 112 Å². The smallest absolute Gasteiger partial charge is 0.420 e. The van der Waals surface area contributed by atoms with E-state index in [1.165, 1.54) is 30.5 Å². The molecule has 1 atom stereocenters. The number of hydrogen-bond donors (Lipinski definition) is 4. The minimum Gasteiger partial charge on any atom is -0.420 e. The normalized spacial score (nSPS) is 12.3. The second-order valence-corrected chi connectivity index (χ2v) is 7.38. The van der Waals surface area contributed by atoms with Crippen LogP contribution in [0.2, 0.25) is 0 Å². The molecule has 0 aliphatic carbocycles. The van der Waals surface area contributed by atoms with Crippen molar-refractivity contribution in [2.45, 2.75) is 31.4 Å². The van der Waals surface area contributed by atoms with Crippen LogP contribution in [0.15, 0.2) is 48.8 Å². The van der Waals surface area contributed by atoms with Crippen molar-refractivity contribution in [2.24, 2.45) is 0 Å². The number of rotatable bonds is 10. The first kappa shape index (κ1) is 23.4. The minimum absolute atomic E-state index is 0.146. The van der Waals surface area contributed by atoms with Crippen molar-refractivity contribution in [3.8, 4) is 17.0 Å². The van der Waals surface area contributed by atoms with Crippen molar-refractivity contribution in [1.82, 2.24) is 15.2 Å². The van der Waals surface area contributed by atoms with Crippen LogP contribution in [0.1, 0.15) is 30.1 Å². The standard InChI is InChI=1S/C21H22ClF2N5O3/c1-2-3-15(30)12-26-19-17(18-8-9-27-29-18)10-13(11-25-19)20(31)28-14-4-6-16(7-5-14)32-21(22,23)24/h4-11,15,30H,2-3,12H2,1H3,(H,25,26)(H,27,29)(H,28,31)/t15-/m1/s1. The lowest BCUT2D eigenvalue weighted by molar-refractivity contribution is -0.0964. The maximum Gasteiger partial charge on any atom is 0.487 e. The molecule has 3 rings (SSSR count). The van der Waals surface area contributed by atoms with Gasteiger partial charge >= 0.3 is 5.57 Å². The van der Waals surface area contributed by atoms with Gasteiger partial charge in [-0.3, -0.25) is 9.89 Å². The lowest BCUT2D eigenvalue weighted by Gasteiger charge is -2.15. The third-order valence-electron chi connectivity index (χ3n) is 4.41. The molecule has 170 valence electrons. The van der Waals surface area contributed by atoms with E-state index in [1.54, 1.807) is 18.3 Å². The van der Waals surface area contributed by atoms with E-state index in [0.717, 1.165) is 6.42 Å². The summed E-state index contributed by atoms with van der Waals surface area (Å²) in [6, 6.07) is 8.70. The molecule has 0 saturated heterocycles. The number of aliphatic hydroxyl groups excluding tert-OH is 1. The van der Waals surface area contributed by atoms with E-state index in [0.29, 0.717) is 35.7 Å². The number of alkyl halides is 3. The van der Waals surface area contributed by atoms with Crippen molar-refractivity contribution in [3.63, 3.8) is 0 Å². The number of nitrogens with zero attached hydrogens (tertiary/aromatic N) is 2. The Labute approximate surface area is 188 Å². The maximum atomic E-state index is 12.7. The number of anilines is 2. The van der Waals surface area contributed by atoms with Gasteiger partial charge in [0, 0.05) is 41.8 Å². The quantitative estimate of drug-likeness (QED) is 0.329. The highest BCUT2D eigenvalue weighted by Crippen LogP contribution is 2.28. The number of ether oxygens (including phenoxy) is 1. The Hall–Kier alpha value is -3.24. The molecule has 1 aromatic carbocycles. The number of nitrogens with one attached hydrogen (secondary N) is 3. The Balaban J connectivity index is 1.75. The zero-order chi connectivity index (χ0) is 23.1. The summed E-state index contributed by atoms with van der Waals surface area (Å²) in [5, 5.41) is 22.5. The van der Waals surface area contributed by atoms with Crippen LogP contribution in [0, 0.1) is 0 Å². The van der Waals surface area contributed by atoms with Crippen LogP contribution in [0.25, 0.3) is 11.3 Å². The van der Waals surface area contributed by atoms with Gasteiger partial charge in [-0.25, -0.2) is 4.98 Å². The number of aromatic amines is 1. The van der Waals surface area contributed by atoms with Gasteiger partial charge in [-0.2, -0.15) is 5.10 Å². The predicted octanol–water partition coefficient (Wildman–Crippen LogP) is 4.46. The Bertz CT molecular complexity index is 1030. The van der Waals surface area contributed by atoms with E-state index >= 15 is 0 Å². The molecule has 0 radical (unpaired) electrons. The Morgan fingerprint density at radius 2 is 2.06 bits per heavy atom. The number of hydrogen-bond acceptors (Lipinski definition) is 6. The third kappa shape index (κ3) is 6.63. The first-order valence-electron chi connectivity index (χ1n) is 9.84. The monoisotopic (exact) mass is 465 g/mol. The number of aromatic nitrogens is 3. The molecular formula is C21H22ClF2N5O3. The van der Waals surface area contributed by atoms with Gasteiger partial charge in [-0.1, -0.05) is 13.3 Å². The number of H-pyrrole nitrogens is 1. The summed E-state index contributed by atoms with van der Waals surface area (Å²) in [6.07, 6.45) is 3.95. The van der Waals surface area contributed by atoms with Gasteiger partial charge in [-0.05, 0) is 42.8 Å². The minimum atomic E-state index is -3.82. The number of benzene rings is 1. The highest BCUT2D eigenvalue weighted by atomic mass is 35.5. The fourth-order valence-electron chi connectivity index (χ4n) is 2.93. The molecule has 2 aromatic heterocycles. The third-order valence-corrected chi connectivity index (χ3v) is 4.49. The van der Waals surface area contributed by atoms with Crippen LogP contribution < -0.4 is 15.4 Å². The van der Waals surface area contributed by atoms with E-state index in [1.807, 2.05) is 6.92 Å². The maximum absolute atomic E-state index is 12.7. The van der Waals surface area contributed by atoms with Gasteiger partial charge in [0.2, 0.25) is 0 Å². The molecule has 0 saturated carbocycles. The molecule has 8 nitrogen and oxygen atoms in total. The summed E-state index contributed by atoms with van der Waals surface area (Å²) >= 11 is 4.74. The largest absolute Gasteiger partial charge is 0.487 e. The Kier molecular flexibility index (Phi) is 7.60. The number of carbonyl (C=O) groups excluding carboxylic acids is 1. The molecule has 0 aliphatic heterocycles. The molecule has 2 heterocycles. The van der Waals surface area contributed by atoms with Crippen LogP contribution >= 0.6 is 11.6 Å². The van der Waals surface area contributed by atoms with E-state index in [9.17, 15) is 18.7 Å². The van der Waals surface area contributed by atoms with E-state index < -0.39 is 17.6 Å². The predicted molar refractivity (Wildman–Crippen MR) is 117 cm³/mol. The van der Waals surface area contributed by atoms with Gasteiger partial charge in [0.1, 0.15) is 11.6 Å². The molecule has 3 aromatic rings. The molecule has 4 N–H and O–H groups in total. The lowest BCUT2D eigenvalue weighted by Crippen LogP contribution is -2.20. The highest BCUT2D eigenvalue weighted by Gasteiger charge is 2.27. The summed E-state index contributed by atoms with van der Waals surface area (Å²) < 4.78 is 29.7. The zero-order valence-electron chi connectivity index (χ0n) is 17.1. The molecule has 0 spiro atoms. The number of halogens is 3. The number of amides is 1. The van der Waals surface area contributed by atoms with Crippen LogP contribution in [-0.2, 0) is 0 Å². The van der Waals surface area contributed by atoms with Crippen molar-refractivity contribution in [2.75, 3.05) is 17.2 Å². The average Bonchev–Trinajstić information content (AvgIpc) is 3.27. The molecule has 0 unspecified atom stereocenters. The molecule has 0 fully saturated rings. The second kappa shape index (κ2) is 10.4. The highest BCUT2D eigenvalue weighted by molar-refractivity contribution is 6.20. The molecule has 1 amide bonds. The first-order valence-corrected chi connectivity index (χ1v) is 10.2. The lowest BCUT2D eigenvalue weighted by atomic mass is 10.1. The molecule has 11 heteroatoms. The van der Waals surface area contributed by atoms with Gasteiger partial charge in [-0.15, -0.1) is 8.78 Å². The van der Waals surface area contributed by atoms with Crippen molar-refractivity contribution in [1.29, 1.82) is 0 Å². The summed E-state index contributed by atoms with van der Waals surface area (Å²) in [5.41, 5.74) is -1.94. The molecular weight excluding hydrogens is 444 g/mol. The average molecular weight is 466 g/mol. The van der Waals surface area contributed by atoms with Crippen molar-refractivity contribution < 1.29 is 23.4 Å². The number of pyridine rings is 1. The van der Waals surface area contributed by atoms with E-state index in [-0.39, 0.29) is 11.3 Å². The van der Waals surface area contributed by atoms with Crippen LogP contribution in [-0.4, -0.2) is 44.4 Å². The van der Waals surface area contributed by atoms with Crippen molar-refractivity contribution >= 4 is 29.0 Å². The zero-order valence-corrected chi connectivity index (χ0v) is 17.9. The molecule has 0 aliphatic rings. The van der Waals surface area contributed by atoms with Gasteiger partial charge in [0.05, 0.1) is 17.4 Å². The SMILES string of the molecule is CCC[C@@H](O)CNc1ncc(C(=O)Nc2ccc(OC(F)(F)Cl)cc2)cc1-c1ccn[nH]1. The second-order valence-electron chi connectivity index (χ2n) is 6.94. The van der Waals surface area contributed by atoms with Crippen LogP contribution in [0.3, 0.4) is 0 Å². The summed E-state index contributed by atoms with van der Waals surface area (Å²) in [6.45, 7) is 2.29. The van der Waals surface area contributed by atoms with Crippen LogP contribution in [0.5, 0.6) is 5.75 Å². The Morgan fingerprint density at radius 3 is 2.69 bits per heavy atom. The van der Waals surface area contributed by atoms with Gasteiger partial charge < -0.3 is 20.5 Å². The van der Waals surface area contributed by atoms with Gasteiger partial charge in [0.15, 0.2) is 0 Å². The van der Waals surface area contributed by atoms with E-state index in [4.69, 9.17) is 11.6 Å². The summed E-state index contributed by atoms with van der Waals surface area (Å²) in [7, 11) is 0. The van der Waals surface area contributed by atoms with Crippen molar-refractivity contribution in [3.05, 3.63) is 54.4 Å². The number of aliphatic hydroxyl groups is 1. The van der Waals surface area contributed by atoms with Gasteiger partial charge in [0.25, 0.3) is 5.91 Å². The van der Waals surface area contributed by atoms with E-state index in [2.05, 4.69) is 30.6 Å². The van der Waals surface area contributed by atoms with Crippen LogP contribution in [0.4, 0.5) is 20.3 Å². The Morgan fingerprint density at radius 1 is 1.31 bits per heavy atom.